The Balaban J connectivity index is 1.47. The number of aryl methyl sites for hydroxylation is 1. The third-order valence-electron chi connectivity index (χ3n) is 4.93. The van der Waals surface area contributed by atoms with Gasteiger partial charge in [0.1, 0.15) is 11.3 Å². The minimum absolute atomic E-state index is 0.289. The average molecular weight is 496 g/mol. The van der Waals surface area contributed by atoms with Crippen LogP contribution < -0.4 is 10.6 Å². The predicted octanol–water partition coefficient (Wildman–Crippen LogP) is 5.17. The van der Waals surface area contributed by atoms with Gasteiger partial charge in [-0.05, 0) is 55.6 Å². The van der Waals surface area contributed by atoms with E-state index in [-0.39, 0.29) is 11.1 Å². The van der Waals surface area contributed by atoms with Crippen molar-refractivity contribution in [1.82, 2.24) is 14.8 Å². The number of nitrogens with zero attached hydrogens (tertiary/aromatic N) is 3. The molecule has 0 aliphatic heterocycles. The van der Waals surface area contributed by atoms with Gasteiger partial charge < -0.3 is 10.1 Å². The van der Waals surface area contributed by atoms with E-state index in [4.69, 9.17) is 40.2 Å². The molecule has 31 heavy (non-hydrogen) atoms. The molecule has 0 atom stereocenters. The van der Waals surface area contributed by atoms with E-state index in [0.717, 1.165) is 36.8 Å². The number of ether oxygens (including phenoxy) is 1. The molecule has 162 valence electrons. The standard InChI is InChI=1S/C20H19Cl2N5O2S2/c1-29-18(28)16-11-5-2-3-8-15(11)31-17(16)24-20(30)25-19-23-10-27(26-19)9-12-13(21)6-4-7-14(12)22/h4,6-7,10H,2-3,5,8-9H2,1H3,(H2,24,25,26,30). The Morgan fingerprint density at radius 2 is 2.00 bits per heavy atom. The van der Waals surface area contributed by atoms with Crippen LogP contribution in [0.2, 0.25) is 10.0 Å². The van der Waals surface area contributed by atoms with Crippen molar-refractivity contribution in [3.05, 3.63) is 56.1 Å². The number of methoxy groups -OCH3 is 1. The first-order valence-corrected chi connectivity index (χ1v) is 11.6. The predicted molar refractivity (Wildman–Crippen MR) is 128 cm³/mol. The van der Waals surface area contributed by atoms with Crippen molar-refractivity contribution in [3.63, 3.8) is 0 Å². The third-order valence-corrected chi connectivity index (χ3v) is 7.05. The molecular weight excluding hydrogens is 477 g/mol. The van der Waals surface area contributed by atoms with Gasteiger partial charge in [0.15, 0.2) is 5.11 Å². The molecule has 0 saturated carbocycles. The number of hydrogen-bond donors (Lipinski definition) is 2. The summed E-state index contributed by atoms with van der Waals surface area (Å²) in [5.74, 6) is -0.0367. The van der Waals surface area contributed by atoms with Crippen molar-refractivity contribution in [2.24, 2.45) is 0 Å². The molecule has 0 fully saturated rings. The van der Waals surface area contributed by atoms with Gasteiger partial charge in [0.2, 0.25) is 5.95 Å². The summed E-state index contributed by atoms with van der Waals surface area (Å²) < 4.78 is 6.61. The molecule has 7 nitrogen and oxygen atoms in total. The van der Waals surface area contributed by atoms with E-state index < -0.39 is 0 Å². The van der Waals surface area contributed by atoms with Crippen LogP contribution in [0, 0.1) is 0 Å². The maximum Gasteiger partial charge on any atom is 0.341 e. The second-order valence-corrected chi connectivity index (χ2v) is 9.28. The van der Waals surface area contributed by atoms with E-state index in [9.17, 15) is 4.79 Å². The lowest BCUT2D eigenvalue weighted by atomic mass is 9.95. The first kappa shape index (κ1) is 22.0. The van der Waals surface area contributed by atoms with Gasteiger partial charge in [-0.3, -0.25) is 5.32 Å². The van der Waals surface area contributed by atoms with Gasteiger partial charge >= 0.3 is 5.97 Å². The van der Waals surface area contributed by atoms with Crippen molar-refractivity contribution in [1.29, 1.82) is 0 Å². The molecule has 11 heteroatoms. The second-order valence-electron chi connectivity index (χ2n) is 6.95. The Kier molecular flexibility index (Phi) is 6.76. The second kappa shape index (κ2) is 9.52. The van der Waals surface area contributed by atoms with E-state index in [1.807, 2.05) is 0 Å². The van der Waals surface area contributed by atoms with Crippen LogP contribution in [-0.4, -0.2) is 33.0 Å². The summed E-state index contributed by atoms with van der Waals surface area (Å²) in [5, 5.41) is 12.5. The quantitative estimate of drug-likeness (QED) is 0.373. The van der Waals surface area contributed by atoms with E-state index in [0.29, 0.717) is 33.1 Å². The van der Waals surface area contributed by atoms with Crippen LogP contribution in [-0.2, 0) is 24.1 Å². The highest BCUT2D eigenvalue weighted by Crippen LogP contribution is 2.38. The number of thiophene rings is 1. The zero-order valence-corrected chi connectivity index (χ0v) is 19.7. The van der Waals surface area contributed by atoms with Gasteiger partial charge in [-0.15, -0.1) is 16.4 Å². The highest BCUT2D eigenvalue weighted by atomic mass is 35.5. The van der Waals surface area contributed by atoms with Crippen molar-refractivity contribution < 1.29 is 9.53 Å². The Morgan fingerprint density at radius 3 is 2.74 bits per heavy atom. The van der Waals surface area contributed by atoms with Crippen LogP contribution in [0.15, 0.2) is 24.5 Å². The lowest BCUT2D eigenvalue weighted by Crippen LogP contribution is -2.21. The molecular formula is C20H19Cl2N5O2S2. The molecule has 0 unspecified atom stereocenters. The zero-order valence-electron chi connectivity index (χ0n) is 16.6. The zero-order chi connectivity index (χ0) is 22.0. The number of carbonyl (C=O) groups is 1. The average Bonchev–Trinajstić information content (AvgIpc) is 3.33. The number of hydrogen-bond acceptors (Lipinski definition) is 6. The Morgan fingerprint density at radius 1 is 1.26 bits per heavy atom. The molecule has 0 saturated heterocycles. The number of thiocarbonyl (C=S) groups is 1. The fraction of sp³-hybridized carbons (Fsp3) is 0.300. The number of carbonyl (C=O) groups excluding carboxylic acids is 1. The van der Waals surface area contributed by atoms with Gasteiger partial charge in [0.05, 0.1) is 19.2 Å². The van der Waals surface area contributed by atoms with Crippen LogP contribution in [0.5, 0.6) is 0 Å². The van der Waals surface area contributed by atoms with Crippen LogP contribution in [0.1, 0.15) is 39.2 Å². The number of halogens is 2. The molecule has 4 rings (SSSR count). The third kappa shape index (κ3) is 4.85. The largest absolute Gasteiger partial charge is 0.465 e. The maximum atomic E-state index is 12.4. The summed E-state index contributed by atoms with van der Waals surface area (Å²) in [6.45, 7) is 0.373. The number of nitrogens with one attached hydrogen (secondary N) is 2. The van der Waals surface area contributed by atoms with Crippen molar-refractivity contribution in [3.8, 4) is 0 Å². The summed E-state index contributed by atoms with van der Waals surface area (Å²) in [7, 11) is 1.39. The normalized spacial score (nSPS) is 12.9. The number of anilines is 2. The summed E-state index contributed by atoms with van der Waals surface area (Å²) in [6.07, 6.45) is 5.57. The number of esters is 1. The topological polar surface area (TPSA) is 81.1 Å². The van der Waals surface area contributed by atoms with E-state index in [1.165, 1.54) is 23.3 Å². The molecule has 2 heterocycles. The van der Waals surface area contributed by atoms with Gasteiger partial charge in [0.25, 0.3) is 0 Å². The number of aromatic nitrogens is 3. The van der Waals surface area contributed by atoms with Crippen LogP contribution in [0.25, 0.3) is 0 Å². The molecule has 0 radical (unpaired) electrons. The van der Waals surface area contributed by atoms with Crippen molar-refractivity contribution in [2.45, 2.75) is 32.2 Å². The Hall–Kier alpha value is -2.20. The van der Waals surface area contributed by atoms with Gasteiger partial charge in [-0.25, -0.2) is 14.5 Å². The summed E-state index contributed by atoms with van der Waals surface area (Å²) in [6, 6.07) is 5.34. The number of rotatable bonds is 5. The van der Waals surface area contributed by atoms with E-state index in [1.54, 1.807) is 29.2 Å². The van der Waals surface area contributed by atoms with E-state index in [2.05, 4.69) is 20.7 Å². The summed E-state index contributed by atoms with van der Waals surface area (Å²) >= 11 is 19.4. The Labute approximate surface area is 198 Å². The molecule has 0 amide bonds. The molecule has 0 bridgehead atoms. The monoisotopic (exact) mass is 495 g/mol. The fourth-order valence-corrected chi connectivity index (χ4v) is 5.54. The molecule has 2 N–H and O–H groups in total. The minimum Gasteiger partial charge on any atom is -0.465 e. The van der Waals surface area contributed by atoms with Crippen LogP contribution >= 0.6 is 46.8 Å². The first-order chi connectivity index (χ1) is 15.0. The number of benzene rings is 1. The molecule has 2 aromatic heterocycles. The lowest BCUT2D eigenvalue weighted by molar-refractivity contribution is 0.0601. The first-order valence-electron chi connectivity index (χ1n) is 9.59. The van der Waals surface area contributed by atoms with Crippen LogP contribution in [0.4, 0.5) is 10.9 Å². The molecule has 1 aliphatic rings. The SMILES string of the molecule is COC(=O)c1c(NC(=S)Nc2ncn(Cc3c(Cl)cccc3Cl)n2)sc2c1CCCC2. The smallest absolute Gasteiger partial charge is 0.341 e. The molecule has 0 spiro atoms. The highest BCUT2D eigenvalue weighted by molar-refractivity contribution is 7.80. The summed E-state index contributed by atoms with van der Waals surface area (Å²) in [4.78, 5) is 17.8. The maximum absolute atomic E-state index is 12.4. The van der Waals surface area contributed by atoms with Crippen molar-refractivity contribution >= 4 is 68.8 Å². The molecule has 1 aliphatic carbocycles. The van der Waals surface area contributed by atoms with Crippen LogP contribution in [0.3, 0.4) is 0 Å². The molecule has 1 aromatic carbocycles. The van der Waals surface area contributed by atoms with E-state index >= 15 is 0 Å². The van der Waals surface area contributed by atoms with Crippen molar-refractivity contribution in [2.75, 3.05) is 17.7 Å². The minimum atomic E-state index is -0.358. The summed E-state index contributed by atoms with van der Waals surface area (Å²) in [5.41, 5.74) is 2.39. The lowest BCUT2D eigenvalue weighted by Gasteiger charge is -2.12. The van der Waals surface area contributed by atoms with Gasteiger partial charge in [-0.1, -0.05) is 29.3 Å². The molecule has 3 aromatic rings. The highest BCUT2D eigenvalue weighted by Gasteiger charge is 2.26. The van der Waals surface area contributed by atoms with Gasteiger partial charge in [0, 0.05) is 20.5 Å². The fourth-order valence-electron chi connectivity index (χ4n) is 3.48. The Bertz CT molecular complexity index is 1120. The van der Waals surface area contributed by atoms with Gasteiger partial charge in [-0.2, -0.15) is 0 Å². The number of fused-ring (bicyclic) bond motifs is 1.